The van der Waals surface area contributed by atoms with Crippen LogP contribution in [0, 0.1) is 20.2 Å². The lowest BCUT2D eigenvalue weighted by Gasteiger charge is -2.20. The maximum atomic E-state index is 13.0. The highest BCUT2D eigenvalue weighted by Gasteiger charge is 2.40. The number of carbonyl (C=O) groups is 1. The van der Waals surface area contributed by atoms with Gasteiger partial charge in [0.1, 0.15) is 0 Å². The van der Waals surface area contributed by atoms with Crippen LogP contribution in [0.1, 0.15) is 5.56 Å². The summed E-state index contributed by atoms with van der Waals surface area (Å²) < 4.78 is 38.9. The van der Waals surface area contributed by atoms with Gasteiger partial charge >= 0.3 is 17.6 Å². The Morgan fingerprint density at radius 2 is 1.56 bits per heavy atom. The van der Waals surface area contributed by atoms with Crippen molar-refractivity contribution in [2.45, 2.75) is 6.18 Å². The second-order valence-electron chi connectivity index (χ2n) is 4.92. The lowest BCUT2D eigenvalue weighted by molar-refractivity contribution is -0.392. The molecule has 0 saturated heterocycles. The second kappa shape index (κ2) is 7.37. The van der Waals surface area contributed by atoms with Gasteiger partial charge < -0.3 is 0 Å². The van der Waals surface area contributed by atoms with Gasteiger partial charge in [-0.2, -0.15) is 13.2 Å². The molecule has 8 nitrogen and oxygen atoms in total. The van der Waals surface area contributed by atoms with Crippen LogP contribution < -0.4 is 4.90 Å². The number of carbonyl (C=O) groups excluding carboxylic acids is 1. The zero-order valence-corrected chi connectivity index (χ0v) is 14.2. The van der Waals surface area contributed by atoms with Crippen molar-refractivity contribution in [2.24, 2.45) is 0 Å². The Hall–Kier alpha value is -2.92. The van der Waals surface area contributed by atoms with Crippen molar-refractivity contribution < 1.29 is 27.8 Å². The minimum atomic E-state index is -5.09. The molecule has 0 unspecified atom stereocenters. The molecule has 2 rings (SSSR count). The molecule has 0 atom stereocenters. The van der Waals surface area contributed by atoms with E-state index in [-0.39, 0.29) is 34.3 Å². The molecule has 1 amide bonds. The molecule has 27 heavy (non-hydrogen) atoms. The van der Waals surface area contributed by atoms with Gasteiger partial charge in [0.25, 0.3) is 0 Å². The summed E-state index contributed by atoms with van der Waals surface area (Å²) in [5, 5.41) is 22.2. The number of anilines is 2. The van der Waals surface area contributed by atoms with Gasteiger partial charge in [0, 0.05) is 12.1 Å². The van der Waals surface area contributed by atoms with Crippen LogP contribution in [0.15, 0.2) is 30.3 Å². The Morgan fingerprint density at radius 3 is 1.96 bits per heavy atom. The fourth-order valence-corrected chi connectivity index (χ4v) is 2.59. The number of rotatable bonds is 5. The van der Waals surface area contributed by atoms with E-state index >= 15 is 0 Å². The highest BCUT2D eigenvalue weighted by Crippen LogP contribution is 2.46. The van der Waals surface area contributed by atoms with E-state index in [2.05, 4.69) is 0 Å². The first kappa shape index (κ1) is 20.4. The Kier molecular flexibility index (Phi) is 5.56. The van der Waals surface area contributed by atoms with E-state index in [9.17, 15) is 38.2 Å². The number of amides is 1. The molecule has 0 spiro atoms. The summed E-state index contributed by atoms with van der Waals surface area (Å²) in [6.07, 6.45) is -5.14. The maximum Gasteiger partial charge on any atom is 0.416 e. The minimum absolute atomic E-state index is 0.0554. The largest absolute Gasteiger partial charge is 0.416 e. The van der Waals surface area contributed by atoms with Gasteiger partial charge in [-0.05, 0) is 12.1 Å². The summed E-state index contributed by atoms with van der Waals surface area (Å²) in [7, 11) is 0. The summed E-state index contributed by atoms with van der Waals surface area (Å²) in [6.45, 7) is 0. The van der Waals surface area contributed by atoms with Gasteiger partial charge in [0.05, 0.1) is 31.1 Å². The van der Waals surface area contributed by atoms with Crippen molar-refractivity contribution in [3.8, 4) is 0 Å². The summed E-state index contributed by atoms with van der Waals surface area (Å²) in [5.41, 5.74) is -5.51. The van der Waals surface area contributed by atoms with Gasteiger partial charge in [-0.1, -0.05) is 29.3 Å². The number of nitro benzene ring substituents is 2. The molecule has 0 saturated carbocycles. The third kappa shape index (κ3) is 3.93. The average molecular weight is 424 g/mol. The number of halogens is 5. The monoisotopic (exact) mass is 423 g/mol. The molecule has 142 valence electrons. The van der Waals surface area contributed by atoms with E-state index in [4.69, 9.17) is 23.2 Å². The SMILES string of the molecule is O=CN(c1cccc(Cl)c1Cl)c1c([N+](=O)[O-])cc(C(F)(F)F)cc1[N+](=O)[O-]. The molecule has 0 N–H and O–H groups in total. The summed E-state index contributed by atoms with van der Waals surface area (Å²) >= 11 is 11.7. The maximum absolute atomic E-state index is 13.0. The average Bonchev–Trinajstić information content (AvgIpc) is 2.57. The third-order valence-electron chi connectivity index (χ3n) is 3.33. The highest BCUT2D eigenvalue weighted by atomic mass is 35.5. The molecule has 13 heteroatoms. The topological polar surface area (TPSA) is 107 Å². The number of nitro groups is 2. The van der Waals surface area contributed by atoms with Gasteiger partial charge in [0.15, 0.2) is 0 Å². The van der Waals surface area contributed by atoms with Crippen LogP contribution in [-0.4, -0.2) is 16.3 Å². The van der Waals surface area contributed by atoms with Gasteiger partial charge in [-0.15, -0.1) is 0 Å². The van der Waals surface area contributed by atoms with Gasteiger partial charge in [0.2, 0.25) is 12.1 Å². The van der Waals surface area contributed by atoms with Crippen LogP contribution in [-0.2, 0) is 11.0 Å². The molecule has 0 aliphatic carbocycles. The Bertz CT molecular complexity index is 917. The Morgan fingerprint density at radius 1 is 1.04 bits per heavy atom. The molecule has 0 aliphatic rings. The fourth-order valence-electron chi connectivity index (χ4n) is 2.20. The van der Waals surface area contributed by atoms with Crippen molar-refractivity contribution in [3.05, 3.63) is 66.2 Å². The van der Waals surface area contributed by atoms with E-state index in [1.165, 1.54) is 12.1 Å². The van der Waals surface area contributed by atoms with Crippen molar-refractivity contribution >= 4 is 52.4 Å². The molecule has 2 aromatic carbocycles. The lowest BCUT2D eigenvalue weighted by atomic mass is 10.1. The van der Waals surface area contributed by atoms with Gasteiger partial charge in [-0.3, -0.25) is 29.9 Å². The second-order valence-corrected chi connectivity index (χ2v) is 5.71. The predicted molar refractivity (Wildman–Crippen MR) is 89.4 cm³/mol. The highest BCUT2D eigenvalue weighted by molar-refractivity contribution is 6.44. The van der Waals surface area contributed by atoms with E-state index in [0.717, 1.165) is 6.07 Å². The fraction of sp³-hybridized carbons (Fsp3) is 0.0714. The molecular formula is C14H6Cl2F3N3O5. The number of nitrogens with zero attached hydrogens (tertiary/aromatic N) is 3. The van der Waals surface area contributed by atoms with Crippen molar-refractivity contribution in [2.75, 3.05) is 4.90 Å². The molecule has 0 bridgehead atoms. The number of alkyl halides is 3. The van der Waals surface area contributed by atoms with Crippen LogP contribution in [0.25, 0.3) is 0 Å². The van der Waals surface area contributed by atoms with Crippen LogP contribution in [0.3, 0.4) is 0 Å². The molecular weight excluding hydrogens is 418 g/mol. The van der Waals surface area contributed by atoms with E-state index in [1.54, 1.807) is 0 Å². The lowest BCUT2D eigenvalue weighted by Crippen LogP contribution is -2.19. The number of hydrogen-bond acceptors (Lipinski definition) is 5. The van der Waals surface area contributed by atoms with Crippen LogP contribution >= 0.6 is 23.2 Å². The third-order valence-corrected chi connectivity index (χ3v) is 4.14. The van der Waals surface area contributed by atoms with Crippen LogP contribution in [0.4, 0.5) is 35.9 Å². The molecule has 0 radical (unpaired) electrons. The normalized spacial score (nSPS) is 11.1. The smallest absolute Gasteiger partial charge is 0.278 e. The molecule has 0 aliphatic heterocycles. The predicted octanol–water partition coefficient (Wildman–Crippen LogP) is 5.12. The van der Waals surface area contributed by atoms with Crippen molar-refractivity contribution in [1.82, 2.24) is 0 Å². The summed E-state index contributed by atoms with van der Waals surface area (Å²) in [5.74, 6) is 0. The first-order valence-corrected chi connectivity index (χ1v) is 7.47. The van der Waals surface area contributed by atoms with Gasteiger partial charge in [-0.25, -0.2) is 0 Å². The first-order valence-electron chi connectivity index (χ1n) is 6.71. The molecule has 0 aromatic heterocycles. The number of hydrogen-bond donors (Lipinski definition) is 0. The quantitative estimate of drug-likeness (QED) is 0.376. The van der Waals surface area contributed by atoms with E-state index < -0.39 is 38.6 Å². The molecule has 0 fully saturated rings. The Balaban J connectivity index is 2.91. The standard InChI is InChI=1S/C14H6Cl2F3N3O5/c15-8-2-1-3-9(12(8)16)20(6-23)13-10(21(24)25)4-7(14(17,18)19)5-11(13)22(26)27/h1-6H. The zero-order valence-electron chi connectivity index (χ0n) is 12.7. The summed E-state index contributed by atoms with van der Waals surface area (Å²) in [6, 6.07) is 3.95. The number of benzene rings is 2. The van der Waals surface area contributed by atoms with E-state index in [1.807, 2.05) is 0 Å². The molecule has 0 heterocycles. The van der Waals surface area contributed by atoms with Crippen molar-refractivity contribution in [3.63, 3.8) is 0 Å². The zero-order chi connectivity index (χ0) is 20.5. The minimum Gasteiger partial charge on any atom is -0.278 e. The Labute approximate surface area is 158 Å². The molecule has 2 aromatic rings. The van der Waals surface area contributed by atoms with E-state index in [0.29, 0.717) is 4.90 Å². The van der Waals surface area contributed by atoms with Crippen LogP contribution in [0.2, 0.25) is 10.0 Å². The van der Waals surface area contributed by atoms with Crippen LogP contribution in [0.5, 0.6) is 0 Å². The summed E-state index contributed by atoms with van der Waals surface area (Å²) in [4.78, 5) is 32.0. The van der Waals surface area contributed by atoms with Crippen molar-refractivity contribution in [1.29, 1.82) is 0 Å². The first-order chi connectivity index (χ1) is 12.5.